The lowest BCUT2D eigenvalue weighted by molar-refractivity contribution is -0.163. The average molecular weight is 262 g/mol. The van der Waals surface area contributed by atoms with Gasteiger partial charge in [-0.05, 0) is 29.8 Å². The van der Waals surface area contributed by atoms with Crippen LogP contribution in [0.2, 0.25) is 0 Å². The van der Waals surface area contributed by atoms with Crippen LogP contribution in [0.15, 0.2) is 30.5 Å². The molecule has 3 rings (SSSR count). The molecular weight excluding hydrogens is 251 g/mol. The van der Waals surface area contributed by atoms with Crippen molar-refractivity contribution in [1.29, 1.82) is 0 Å². The molecule has 2 N–H and O–H groups in total. The molecule has 6 heteroatoms. The first-order chi connectivity index (χ1) is 9.12. The Labute approximate surface area is 108 Å². The second-order valence-electron chi connectivity index (χ2n) is 4.53. The fourth-order valence-corrected chi connectivity index (χ4v) is 2.01. The van der Waals surface area contributed by atoms with Crippen LogP contribution in [0.4, 0.5) is 4.39 Å². The lowest BCUT2D eigenvalue weighted by Crippen LogP contribution is -2.53. The third-order valence-corrected chi connectivity index (χ3v) is 3.29. The van der Waals surface area contributed by atoms with Crippen LogP contribution in [0, 0.1) is 5.82 Å². The molecular formula is C13H11FN2O3. The Balaban J connectivity index is 1.95. The summed E-state index contributed by atoms with van der Waals surface area (Å²) in [7, 11) is 0. The van der Waals surface area contributed by atoms with Gasteiger partial charge >= 0.3 is 5.97 Å². The Bertz CT molecular complexity index is 617. The molecule has 0 bridgehead atoms. The zero-order valence-electron chi connectivity index (χ0n) is 9.89. The number of imidazole rings is 1. The molecule has 2 heterocycles. The number of carboxylic acid groups (broad SMARTS) is 1. The minimum absolute atomic E-state index is 0.110. The molecule has 0 aliphatic carbocycles. The first kappa shape index (κ1) is 11.9. The van der Waals surface area contributed by atoms with Crippen LogP contribution in [-0.4, -0.2) is 34.3 Å². The van der Waals surface area contributed by atoms with E-state index >= 15 is 0 Å². The van der Waals surface area contributed by atoms with Crippen LogP contribution in [0.1, 0.15) is 5.82 Å². The van der Waals surface area contributed by atoms with E-state index in [1.807, 2.05) is 0 Å². The van der Waals surface area contributed by atoms with Crippen molar-refractivity contribution in [3.8, 4) is 11.3 Å². The van der Waals surface area contributed by atoms with Gasteiger partial charge in [0.25, 0.3) is 0 Å². The van der Waals surface area contributed by atoms with E-state index in [-0.39, 0.29) is 19.0 Å². The SMILES string of the molecule is O=C(O)C1(c2ncc(-c3ccc(F)cc3)[nH]2)COC1. The number of halogens is 1. The molecule has 19 heavy (non-hydrogen) atoms. The molecule has 1 aromatic heterocycles. The van der Waals surface area contributed by atoms with Crippen LogP contribution in [0.25, 0.3) is 11.3 Å². The quantitative estimate of drug-likeness (QED) is 0.880. The molecule has 0 radical (unpaired) electrons. The number of aromatic nitrogens is 2. The normalized spacial score (nSPS) is 16.9. The summed E-state index contributed by atoms with van der Waals surface area (Å²) < 4.78 is 17.8. The predicted molar refractivity (Wildman–Crippen MR) is 64.1 cm³/mol. The highest BCUT2D eigenvalue weighted by Crippen LogP contribution is 2.32. The van der Waals surface area contributed by atoms with Gasteiger partial charge in [0, 0.05) is 0 Å². The summed E-state index contributed by atoms with van der Waals surface area (Å²) in [6.07, 6.45) is 1.55. The van der Waals surface area contributed by atoms with Crippen LogP contribution in [0.3, 0.4) is 0 Å². The summed E-state index contributed by atoms with van der Waals surface area (Å²) in [6.45, 7) is 0.220. The van der Waals surface area contributed by atoms with E-state index in [1.165, 1.54) is 12.1 Å². The van der Waals surface area contributed by atoms with Crippen molar-refractivity contribution in [2.24, 2.45) is 0 Å². The fourth-order valence-electron chi connectivity index (χ4n) is 2.01. The molecule has 0 saturated carbocycles. The van der Waals surface area contributed by atoms with E-state index in [0.29, 0.717) is 11.5 Å². The number of aromatic amines is 1. The standard InChI is InChI=1S/C13H11FN2O3/c14-9-3-1-8(2-4-9)10-5-15-11(16-10)13(12(17)18)6-19-7-13/h1-5H,6-7H2,(H,15,16)(H,17,18). The molecule has 0 atom stereocenters. The molecule has 1 aliphatic heterocycles. The first-order valence-corrected chi connectivity index (χ1v) is 5.74. The zero-order chi connectivity index (χ0) is 13.5. The monoisotopic (exact) mass is 262 g/mol. The van der Waals surface area contributed by atoms with Gasteiger partial charge in [0.05, 0.1) is 25.1 Å². The molecule has 2 aromatic rings. The Hall–Kier alpha value is -2.21. The van der Waals surface area contributed by atoms with Crippen molar-refractivity contribution >= 4 is 5.97 Å². The maximum Gasteiger partial charge on any atom is 0.322 e. The molecule has 1 aliphatic rings. The van der Waals surface area contributed by atoms with E-state index in [2.05, 4.69) is 9.97 Å². The molecule has 1 fully saturated rings. The van der Waals surface area contributed by atoms with Crippen LogP contribution in [0.5, 0.6) is 0 Å². The van der Waals surface area contributed by atoms with Crippen molar-refractivity contribution in [2.45, 2.75) is 5.41 Å². The van der Waals surface area contributed by atoms with E-state index < -0.39 is 11.4 Å². The van der Waals surface area contributed by atoms with Gasteiger partial charge in [-0.15, -0.1) is 0 Å². The van der Waals surface area contributed by atoms with Gasteiger partial charge in [0.15, 0.2) is 5.41 Å². The minimum atomic E-state index is -1.09. The number of aliphatic carboxylic acids is 1. The summed E-state index contributed by atoms with van der Waals surface area (Å²) in [5.41, 5.74) is 0.321. The van der Waals surface area contributed by atoms with E-state index in [0.717, 1.165) is 5.56 Å². The molecule has 1 saturated heterocycles. The molecule has 1 aromatic carbocycles. The van der Waals surface area contributed by atoms with Crippen molar-refractivity contribution in [3.63, 3.8) is 0 Å². The van der Waals surface area contributed by atoms with Gasteiger partial charge in [-0.25, -0.2) is 9.37 Å². The van der Waals surface area contributed by atoms with Crippen molar-refractivity contribution in [2.75, 3.05) is 13.2 Å². The second kappa shape index (κ2) is 4.17. The number of carbonyl (C=O) groups is 1. The van der Waals surface area contributed by atoms with Crippen molar-refractivity contribution in [3.05, 3.63) is 42.1 Å². The predicted octanol–water partition coefficient (Wildman–Crippen LogP) is 1.57. The molecule has 0 amide bonds. The number of hydrogen-bond donors (Lipinski definition) is 2. The molecule has 5 nitrogen and oxygen atoms in total. The Morgan fingerprint density at radius 1 is 1.37 bits per heavy atom. The minimum Gasteiger partial charge on any atom is -0.480 e. The Morgan fingerprint density at radius 2 is 2.05 bits per heavy atom. The molecule has 98 valence electrons. The van der Waals surface area contributed by atoms with Crippen LogP contribution < -0.4 is 0 Å². The van der Waals surface area contributed by atoms with Gasteiger partial charge in [-0.3, -0.25) is 4.79 Å². The number of benzene rings is 1. The van der Waals surface area contributed by atoms with Gasteiger partial charge in [0.1, 0.15) is 11.6 Å². The summed E-state index contributed by atoms with van der Waals surface area (Å²) >= 11 is 0. The van der Waals surface area contributed by atoms with Gasteiger partial charge in [-0.2, -0.15) is 0 Å². The highest BCUT2D eigenvalue weighted by molar-refractivity contribution is 5.82. The Morgan fingerprint density at radius 3 is 2.58 bits per heavy atom. The maximum atomic E-state index is 12.8. The topological polar surface area (TPSA) is 75.2 Å². The van der Waals surface area contributed by atoms with Crippen LogP contribution >= 0.6 is 0 Å². The number of H-pyrrole nitrogens is 1. The van der Waals surface area contributed by atoms with Gasteiger partial charge in [0.2, 0.25) is 0 Å². The zero-order valence-corrected chi connectivity index (χ0v) is 9.89. The largest absolute Gasteiger partial charge is 0.480 e. The fraction of sp³-hybridized carbons (Fsp3) is 0.231. The third-order valence-electron chi connectivity index (χ3n) is 3.29. The maximum absolute atomic E-state index is 12.8. The number of hydrogen-bond acceptors (Lipinski definition) is 3. The van der Waals surface area contributed by atoms with Gasteiger partial charge in [-0.1, -0.05) is 0 Å². The summed E-state index contributed by atoms with van der Waals surface area (Å²) in [5.74, 6) is -0.915. The number of nitrogens with zero attached hydrogens (tertiary/aromatic N) is 1. The number of nitrogens with one attached hydrogen (secondary N) is 1. The average Bonchev–Trinajstić information content (AvgIpc) is 2.77. The van der Waals surface area contributed by atoms with E-state index in [4.69, 9.17) is 4.74 Å². The lowest BCUT2D eigenvalue weighted by Gasteiger charge is -2.35. The van der Waals surface area contributed by atoms with Crippen LogP contribution in [-0.2, 0) is 14.9 Å². The molecule has 0 unspecified atom stereocenters. The number of ether oxygens (including phenoxy) is 1. The Kier molecular flexibility index (Phi) is 2.60. The third kappa shape index (κ3) is 1.80. The highest BCUT2D eigenvalue weighted by atomic mass is 19.1. The highest BCUT2D eigenvalue weighted by Gasteiger charge is 2.50. The van der Waals surface area contributed by atoms with Gasteiger partial charge < -0.3 is 14.8 Å². The number of rotatable bonds is 3. The summed E-state index contributed by atoms with van der Waals surface area (Å²) in [5, 5.41) is 9.26. The summed E-state index contributed by atoms with van der Waals surface area (Å²) in [6, 6.07) is 5.90. The van der Waals surface area contributed by atoms with Crippen molar-refractivity contribution < 1.29 is 19.0 Å². The van der Waals surface area contributed by atoms with E-state index in [9.17, 15) is 14.3 Å². The van der Waals surface area contributed by atoms with Crippen molar-refractivity contribution in [1.82, 2.24) is 9.97 Å². The summed E-state index contributed by atoms with van der Waals surface area (Å²) in [4.78, 5) is 18.4. The number of carboxylic acids is 1. The molecule has 0 spiro atoms. The van der Waals surface area contributed by atoms with E-state index in [1.54, 1.807) is 18.3 Å². The second-order valence-corrected chi connectivity index (χ2v) is 4.53. The smallest absolute Gasteiger partial charge is 0.322 e. The first-order valence-electron chi connectivity index (χ1n) is 5.74. The lowest BCUT2D eigenvalue weighted by atomic mass is 9.85.